The Morgan fingerprint density at radius 2 is 1.89 bits per heavy atom. The van der Waals surface area contributed by atoms with E-state index in [4.69, 9.17) is 0 Å². The van der Waals surface area contributed by atoms with Crippen molar-refractivity contribution in [3.63, 3.8) is 0 Å². The Labute approximate surface area is 116 Å². The topological polar surface area (TPSA) is 18.5 Å². The van der Waals surface area contributed by atoms with Crippen LogP contribution in [0, 0.1) is 5.92 Å². The molecule has 3 rings (SSSR count). The van der Waals surface area contributed by atoms with E-state index in [1.807, 2.05) is 0 Å². The fraction of sp³-hybridized carbons (Fsp3) is 1.00. The molecule has 3 fully saturated rings. The van der Waals surface area contributed by atoms with E-state index in [9.17, 15) is 0 Å². The molecule has 0 amide bonds. The molecule has 3 aliphatic rings. The van der Waals surface area contributed by atoms with E-state index >= 15 is 0 Å². The second-order valence-corrected chi connectivity index (χ2v) is 7.62. The highest BCUT2D eigenvalue weighted by Gasteiger charge is 2.29. The fourth-order valence-electron chi connectivity index (χ4n) is 3.07. The highest BCUT2D eigenvalue weighted by Crippen LogP contribution is 2.38. The first-order valence-corrected chi connectivity index (χ1v) is 8.51. The zero-order chi connectivity index (χ0) is 12.4. The number of nitrogens with one attached hydrogen (secondary N) is 1. The molecule has 1 unspecified atom stereocenters. The number of hydrogen-bond donors (Lipinski definition) is 1. The van der Waals surface area contributed by atoms with Gasteiger partial charge in [-0.05, 0) is 38.5 Å². The second kappa shape index (κ2) is 6.12. The monoisotopic (exact) mass is 269 g/mol. The van der Waals surface area contributed by atoms with Gasteiger partial charge in [-0.25, -0.2) is 0 Å². The minimum atomic E-state index is 0.734. The fourth-order valence-corrected chi connectivity index (χ4v) is 4.26. The van der Waals surface area contributed by atoms with Gasteiger partial charge < -0.3 is 5.32 Å². The summed E-state index contributed by atoms with van der Waals surface area (Å²) in [7, 11) is 0. The lowest BCUT2D eigenvalue weighted by atomic mass is 9.96. The average molecular weight is 269 g/mol. The summed E-state index contributed by atoms with van der Waals surface area (Å²) in [5.41, 5.74) is 0. The highest BCUT2D eigenvalue weighted by molar-refractivity contribution is 7.97. The van der Waals surface area contributed by atoms with E-state index in [0.29, 0.717) is 0 Å². The van der Waals surface area contributed by atoms with E-state index in [0.717, 1.165) is 17.2 Å². The van der Waals surface area contributed by atoms with Crippen LogP contribution in [0.5, 0.6) is 0 Å². The summed E-state index contributed by atoms with van der Waals surface area (Å²) in [4.78, 5) is 2.70. The quantitative estimate of drug-likeness (QED) is 0.784. The minimum absolute atomic E-state index is 0.734. The number of piperazine rings is 1. The van der Waals surface area contributed by atoms with Crippen molar-refractivity contribution < 1.29 is 0 Å². The van der Waals surface area contributed by atoms with Crippen molar-refractivity contribution in [2.24, 2.45) is 5.92 Å². The first-order chi connectivity index (χ1) is 8.81. The molecule has 1 saturated carbocycles. The maximum atomic E-state index is 3.48. The maximum Gasteiger partial charge on any atom is 0.0196 e. The molecule has 2 heterocycles. The van der Waals surface area contributed by atoms with Gasteiger partial charge in [-0.3, -0.25) is 9.21 Å². The van der Waals surface area contributed by atoms with Gasteiger partial charge in [0.05, 0.1) is 0 Å². The average Bonchev–Trinajstić information content (AvgIpc) is 3.19. The lowest BCUT2D eigenvalue weighted by Crippen LogP contribution is -2.51. The van der Waals surface area contributed by atoms with Gasteiger partial charge in [0.15, 0.2) is 0 Å². The van der Waals surface area contributed by atoms with E-state index in [1.165, 1.54) is 65.0 Å². The number of rotatable bonds is 4. The van der Waals surface area contributed by atoms with Crippen LogP contribution >= 0.6 is 11.9 Å². The van der Waals surface area contributed by atoms with E-state index in [1.54, 1.807) is 0 Å². The Morgan fingerprint density at radius 1 is 1.11 bits per heavy atom. The van der Waals surface area contributed by atoms with Crippen LogP contribution in [0.3, 0.4) is 0 Å². The van der Waals surface area contributed by atoms with Gasteiger partial charge in [-0.2, -0.15) is 0 Å². The molecule has 0 spiro atoms. The number of hydrogen-bond acceptors (Lipinski definition) is 4. The van der Waals surface area contributed by atoms with Crippen LogP contribution in [0.2, 0.25) is 0 Å². The van der Waals surface area contributed by atoms with Gasteiger partial charge in [0.25, 0.3) is 0 Å². The predicted molar refractivity (Wildman–Crippen MR) is 78.8 cm³/mol. The molecule has 2 aliphatic heterocycles. The molecule has 0 aromatic rings. The molecule has 0 radical (unpaired) electrons. The molecule has 0 bridgehead atoms. The summed E-state index contributed by atoms with van der Waals surface area (Å²) in [6, 6.07) is 0.734. The number of nitrogens with zero attached hydrogens (tertiary/aromatic N) is 2. The molecule has 4 heteroatoms. The summed E-state index contributed by atoms with van der Waals surface area (Å²) in [5, 5.41) is 4.47. The Hall–Kier alpha value is 0.230. The molecule has 1 atom stereocenters. The van der Waals surface area contributed by atoms with Gasteiger partial charge in [0.2, 0.25) is 0 Å². The molecule has 3 nitrogen and oxygen atoms in total. The van der Waals surface area contributed by atoms with Crippen LogP contribution < -0.4 is 5.32 Å². The molecule has 1 N–H and O–H groups in total. The van der Waals surface area contributed by atoms with Crippen molar-refractivity contribution in [2.75, 3.05) is 39.3 Å². The molecular weight excluding hydrogens is 242 g/mol. The van der Waals surface area contributed by atoms with Crippen molar-refractivity contribution in [2.45, 2.75) is 43.9 Å². The zero-order valence-corrected chi connectivity index (χ0v) is 12.4. The molecular formula is C14H27N3S. The van der Waals surface area contributed by atoms with Gasteiger partial charge in [0, 0.05) is 50.6 Å². The summed E-state index contributed by atoms with van der Waals surface area (Å²) in [6.07, 6.45) is 5.75. The second-order valence-electron chi connectivity index (χ2n) is 6.23. The van der Waals surface area contributed by atoms with E-state index in [-0.39, 0.29) is 0 Å². The van der Waals surface area contributed by atoms with Crippen molar-refractivity contribution >= 4 is 11.9 Å². The predicted octanol–water partition coefficient (Wildman–Crippen LogP) is 1.80. The standard InChI is InChI=1S/C14H27N3S/c1-12-10-15-6-9-16(12)11-13-4-7-17(8-5-13)18-14-2-3-14/h12-15H,2-11H2,1H3. The zero-order valence-electron chi connectivity index (χ0n) is 11.6. The van der Waals surface area contributed by atoms with Gasteiger partial charge >= 0.3 is 0 Å². The molecule has 1 aliphatic carbocycles. The SMILES string of the molecule is CC1CNCCN1CC1CCN(SC2CC2)CC1. The first kappa shape index (κ1) is 13.2. The Bertz CT molecular complexity index is 262. The minimum Gasteiger partial charge on any atom is -0.314 e. The third kappa shape index (κ3) is 3.62. The Morgan fingerprint density at radius 3 is 2.56 bits per heavy atom. The van der Waals surface area contributed by atoms with Crippen LogP contribution in [-0.4, -0.2) is 59.8 Å². The Kier molecular flexibility index (Phi) is 4.50. The van der Waals surface area contributed by atoms with Crippen molar-refractivity contribution in [1.29, 1.82) is 0 Å². The summed E-state index contributed by atoms with van der Waals surface area (Å²) >= 11 is 2.14. The molecule has 2 saturated heterocycles. The lowest BCUT2D eigenvalue weighted by Gasteiger charge is -2.39. The van der Waals surface area contributed by atoms with Crippen molar-refractivity contribution in [3.8, 4) is 0 Å². The summed E-state index contributed by atoms with van der Waals surface area (Å²) < 4.78 is 2.63. The van der Waals surface area contributed by atoms with Crippen LogP contribution in [0.15, 0.2) is 0 Å². The first-order valence-electron chi connectivity index (χ1n) is 7.68. The Balaban J connectivity index is 1.38. The largest absolute Gasteiger partial charge is 0.314 e. The normalized spacial score (nSPS) is 32.8. The van der Waals surface area contributed by atoms with E-state index in [2.05, 4.69) is 33.4 Å². The molecule has 104 valence electrons. The van der Waals surface area contributed by atoms with Crippen LogP contribution in [-0.2, 0) is 0 Å². The van der Waals surface area contributed by atoms with Gasteiger partial charge in [-0.15, -0.1) is 0 Å². The van der Waals surface area contributed by atoms with Crippen LogP contribution in [0.25, 0.3) is 0 Å². The van der Waals surface area contributed by atoms with Crippen LogP contribution in [0.4, 0.5) is 0 Å². The highest BCUT2D eigenvalue weighted by atomic mass is 32.2. The number of piperidine rings is 1. The maximum absolute atomic E-state index is 3.48. The smallest absolute Gasteiger partial charge is 0.0196 e. The van der Waals surface area contributed by atoms with Crippen LogP contribution in [0.1, 0.15) is 32.6 Å². The lowest BCUT2D eigenvalue weighted by molar-refractivity contribution is 0.127. The summed E-state index contributed by atoms with van der Waals surface area (Å²) in [6.45, 7) is 9.96. The summed E-state index contributed by atoms with van der Waals surface area (Å²) in [5.74, 6) is 0.946. The third-order valence-corrected chi connectivity index (χ3v) is 5.96. The van der Waals surface area contributed by atoms with Crippen molar-refractivity contribution in [1.82, 2.24) is 14.5 Å². The molecule has 18 heavy (non-hydrogen) atoms. The molecule has 0 aromatic carbocycles. The third-order valence-electron chi connectivity index (χ3n) is 4.53. The molecule has 0 aromatic heterocycles. The van der Waals surface area contributed by atoms with E-state index < -0.39 is 0 Å². The van der Waals surface area contributed by atoms with Gasteiger partial charge in [0.1, 0.15) is 0 Å². The van der Waals surface area contributed by atoms with Gasteiger partial charge in [-0.1, -0.05) is 11.9 Å². The van der Waals surface area contributed by atoms with Crippen molar-refractivity contribution in [3.05, 3.63) is 0 Å².